The number of hydrogen-bond acceptors (Lipinski definition) is 2. The van der Waals surface area contributed by atoms with Gasteiger partial charge < -0.3 is 10.2 Å². The Labute approximate surface area is 97.8 Å². The standard InChI is InChI=1S/C12H11ClFNO/c13-12-6-5-11(16-12)10(15)7-8-3-1-2-4-9(8)14/h1-6,10H,7,15H2. The lowest BCUT2D eigenvalue weighted by molar-refractivity contribution is 0.462. The van der Waals surface area contributed by atoms with Gasteiger partial charge in [0.25, 0.3) is 0 Å². The van der Waals surface area contributed by atoms with Crippen molar-refractivity contribution in [2.24, 2.45) is 5.73 Å². The molecule has 1 heterocycles. The smallest absolute Gasteiger partial charge is 0.193 e. The maximum absolute atomic E-state index is 13.4. The average Bonchev–Trinajstić information content (AvgIpc) is 2.68. The van der Waals surface area contributed by atoms with Crippen LogP contribution in [0.1, 0.15) is 17.4 Å². The summed E-state index contributed by atoms with van der Waals surface area (Å²) in [6, 6.07) is 9.49. The fraction of sp³-hybridized carbons (Fsp3) is 0.167. The predicted octanol–water partition coefficient (Wildman–Crippen LogP) is 3.31. The quantitative estimate of drug-likeness (QED) is 0.893. The molecule has 0 fully saturated rings. The third-order valence-corrected chi connectivity index (χ3v) is 2.56. The summed E-state index contributed by atoms with van der Waals surface area (Å²) < 4.78 is 18.5. The fourth-order valence-electron chi connectivity index (χ4n) is 1.53. The third kappa shape index (κ3) is 2.43. The fourth-order valence-corrected chi connectivity index (χ4v) is 1.68. The molecule has 16 heavy (non-hydrogen) atoms. The van der Waals surface area contributed by atoms with Crippen LogP contribution in [0.5, 0.6) is 0 Å². The van der Waals surface area contributed by atoms with Crippen molar-refractivity contribution >= 4 is 11.6 Å². The molecule has 0 amide bonds. The maximum atomic E-state index is 13.4. The van der Waals surface area contributed by atoms with Gasteiger partial charge in [-0.25, -0.2) is 4.39 Å². The topological polar surface area (TPSA) is 39.2 Å². The first kappa shape index (κ1) is 11.2. The van der Waals surface area contributed by atoms with E-state index in [1.807, 2.05) is 0 Å². The van der Waals surface area contributed by atoms with Crippen LogP contribution in [0.3, 0.4) is 0 Å². The van der Waals surface area contributed by atoms with Crippen molar-refractivity contribution in [3.63, 3.8) is 0 Å². The summed E-state index contributed by atoms with van der Waals surface area (Å²) in [6.07, 6.45) is 0.385. The normalized spacial score (nSPS) is 12.7. The number of rotatable bonds is 3. The zero-order valence-electron chi connectivity index (χ0n) is 8.49. The van der Waals surface area contributed by atoms with Crippen molar-refractivity contribution in [2.75, 3.05) is 0 Å². The zero-order valence-corrected chi connectivity index (χ0v) is 9.25. The minimum Gasteiger partial charge on any atom is -0.448 e. The van der Waals surface area contributed by atoms with Crippen molar-refractivity contribution in [1.29, 1.82) is 0 Å². The second-order valence-corrected chi connectivity index (χ2v) is 3.92. The Morgan fingerprint density at radius 1 is 1.25 bits per heavy atom. The molecule has 0 aliphatic heterocycles. The third-order valence-electron chi connectivity index (χ3n) is 2.36. The summed E-state index contributed by atoms with van der Waals surface area (Å²) in [6.45, 7) is 0. The van der Waals surface area contributed by atoms with Gasteiger partial charge in [-0.1, -0.05) is 18.2 Å². The van der Waals surface area contributed by atoms with Crippen LogP contribution in [-0.2, 0) is 6.42 Å². The molecule has 1 aromatic heterocycles. The zero-order chi connectivity index (χ0) is 11.5. The molecule has 2 rings (SSSR count). The van der Waals surface area contributed by atoms with Crippen molar-refractivity contribution < 1.29 is 8.81 Å². The van der Waals surface area contributed by atoms with Gasteiger partial charge in [0, 0.05) is 0 Å². The average molecular weight is 240 g/mol. The van der Waals surface area contributed by atoms with Gasteiger partial charge in [0.2, 0.25) is 0 Å². The summed E-state index contributed by atoms with van der Waals surface area (Å²) >= 11 is 5.64. The summed E-state index contributed by atoms with van der Waals surface area (Å²) in [5.74, 6) is 0.309. The molecular formula is C12H11ClFNO. The lowest BCUT2D eigenvalue weighted by Crippen LogP contribution is -2.13. The van der Waals surface area contributed by atoms with Crippen LogP contribution in [0.4, 0.5) is 4.39 Å². The lowest BCUT2D eigenvalue weighted by atomic mass is 10.0. The first-order chi connectivity index (χ1) is 7.66. The van der Waals surface area contributed by atoms with E-state index in [2.05, 4.69) is 0 Å². The molecule has 0 radical (unpaired) electrons. The van der Waals surface area contributed by atoms with Crippen LogP contribution in [0.2, 0.25) is 5.22 Å². The van der Waals surface area contributed by atoms with E-state index in [1.165, 1.54) is 6.07 Å². The highest BCUT2D eigenvalue weighted by Gasteiger charge is 2.13. The van der Waals surface area contributed by atoms with Crippen molar-refractivity contribution in [1.82, 2.24) is 0 Å². The number of furan rings is 1. The van der Waals surface area contributed by atoms with E-state index in [4.69, 9.17) is 21.8 Å². The first-order valence-corrected chi connectivity index (χ1v) is 5.29. The highest BCUT2D eigenvalue weighted by atomic mass is 35.5. The highest BCUT2D eigenvalue weighted by Crippen LogP contribution is 2.22. The van der Waals surface area contributed by atoms with Gasteiger partial charge in [-0.2, -0.15) is 0 Å². The Morgan fingerprint density at radius 2 is 2.00 bits per heavy atom. The number of nitrogens with two attached hydrogens (primary N) is 1. The van der Waals surface area contributed by atoms with Gasteiger partial charge in [0.1, 0.15) is 11.6 Å². The second-order valence-electron chi connectivity index (χ2n) is 3.54. The van der Waals surface area contributed by atoms with Gasteiger partial charge >= 0.3 is 0 Å². The minimum absolute atomic E-state index is 0.254. The Hall–Kier alpha value is -1.32. The van der Waals surface area contributed by atoms with E-state index in [1.54, 1.807) is 30.3 Å². The van der Waals surface area contributed by atoms with E-state index in [0.29, 0.717) is 23.0 Å². The van der Waals surface area contributed by atoms with E-state index in [9.17, 15) is 4.39 Å². The number of halogens is 2. The van der Waals surface area contributed by atoms with Gasteiger partial charge in [-0.05, 0) is 41.8 Å². The monoisotopic (exact) mass is 239 g/mol. The van der Waals surface area contributed by atoms with E-state index in [-0.39, 0.29) is 11.9 Å². The first-order valence-electron chi connectivity index (χ1n) is 4.91. The SMILES string of the molecule is NC(Cc1ccccc1F)c1ccc(Cl)o1. The van der Waals surface area contributed by atoms with Crippen LogP contribution in [0.25, 0.3) is 0 Å². The number of hydrogen-bond donors (Lipinski definition) is 1. The molecule has 0 saturated heterocycles. The molecule has 2 N–H and O–H groups in total. The van der Waals surface area contributed by atoms with Crippen molar-refractivity contribution in [3.8, 4) is 0 Å². The molecule has 84 valence electrons. The molecule has 0 bridgehead atoms. The maximum Gasteiger partial charge on any atom is 0.193 e. The Morgan fingerprint density at radius 3 is 2.62 bits per heavy atom. The molecule has 0 aliphatic carbocycles. The molecule has 0 saturated carbocycles. The Kier molecular flexibility index (Phi) is 3.27. The molecule has 1 atom stereocenters. The molecular weight excluding hydrogens is 229 g/mol. The van der Waals surface area contributed by atoms with Crippen LogP contribution in [0, 0.1) is 5.82 Å². The Bertz CT molecular complexity index is 483. The van der Waals surface area contributed by atoms with E-state index >= 15 is 0 Å². The molecule has 0 aliphatic rings. The highest BCUT2D eigenvalue weighted by molar-refractivity contribution is 6.28. The van der Waals surface area contributed by atoms with Gasteiger partial charge in [-0.15, -0.1) is 0 Å². The molecule has 1 aromatic carbocycles. The van der Waals surface area contributed by atoms with Crippen LogP contribution < -0.4 is 5.73 Å². The van der Waals surface area contributed by atoms with Crippen molar-refractivity contribution in [3.05, 3.63) is 58.8 Å². The van der Waals surface area contributed by atoms with Gasteiger partial charge in [-0.3, -0.25) is 0 Å². The summed E-state index contributed by atoms with van der Waals surface area (Å²) in [5.41, 5.74) is 6.46. The molecule has 0 spiro atoms. The van der Waals surface area contributed by atoms with Crippen LogP contribution in [-0.4, -0.2) is 0 Å². The number of benzene rings is 1. The Balaban J connectivity index is 2.13. The van der Waals surface area contributed by atoms with Crippen molar-refractivity contribution in [2.45, 2.75) is 12.5 Å². The van der Waals surface area contributed by atoms with Gasteiger partial charge in [0.15, 0.2) is 5.22 Å². The summed E-state index contributed by atoms with van der Waals surface area (Å²) in [5, 5.41) is 0.291. The van der Waals surface area contributed by atoms with Crippen LogP contribution in [0.15, 0.2) is 40.8 Å². The lowest BCUT2D eigenvalue weighted by Gasteiger charge is -2.09. The van der Waals surface area contributed by atoms with E-state index < -0.39 is 0 Å². The molecule has 2 nitrogen and oxygen atoms in total. The molecule has 4 heteroatoms. The van der Waals surface area contributed by atoms with Crippen LogP contribution >= 0.6 is 11.6 Å². The summed E-state index contributed by atoms with van der Waals surface area (Å²) in [4.78, 5) is 0. The molecule has 1 unspecified atom stereocenters. The minimum atomic E-state index is -0.385. The summed E-state index contributed by atoms with van der Waals surface area (Å²) in [7, 11) is 0. The van der Waals surface area contributed by atoms with E-state index in [0.717, 1.165) is 0 Å². The molecule has 2 aromatic rings. The largest absolute Gasteiger partial charge is 0.448 e. The predicted molar refractivity (Wildman–Crippen MR) is 60.8 cm³/mol. The van der Waals surface area contributed by atoms with Gasteiger partial charge in [0.05, 0.1) is 6.04 Å². The second kappa shape index (κ2) is 4.68.